The molecule has 1 atom stereocenters. The summed E-state index contributed by atoms with van der Waals surface area (Å²) < 4.78 is 0. The third kappa shape index (κ3) is 2.31. The number of aldehydes is 1. The van der Waals surface area contributed by atoms with Gasteiger partial charge in [0.2, 0.25) is 5.91 Å². The Kier molecular flexibility index (Phi) is 2.59. The lowest BCUT2D eigenvalue weighted by Crippen LogP contribution is -2.32. The summed E-state index contributed by atoms with van der Waals surface area (Å²) in [5, 5.41) is 0. The van der Waals surface area contributed by atoms with Crippen LogP contribution >= 0.6 is 0 Å². The highest BCUT2D eigenvalue weighted by Crippen LogP contribution is 2.12. The normalized spacial score (nSPS) is 25.3. The van der Waals surface area contributed by atoms with Crippen molar-refractivity contribution in [2.75, 3.05) is 19.6 Å². The zero-order valence-corrected chi connectivity index (χ0v) is 6.32. The second-order valence-corrected chi connectivity index (χ2v) is 2.89. The molecule has 1 heterocycles. The average Bonchev–Trinajstić information content (AvgIpc) is 2.34. The van der Waals surface area contributed by atoms with Crippen LogP contribution in [0.25, 0.3) is 0 Å². The molecule has 0 aromatic carbocycles. The van der Waals surface area contributed by atoms with Crippen molar-refractivity contribution in [1.29, 1.82) is 0 Å². The first-order valence-corrected chi connectivity index (χ1v) is 3.68. The van der Waals surface area contributed by atoms with Crippen LogP contribution < -0.4 is 5.73 Å². The highest BCUT2D eigenvalue weighted by Gasteiger charge is 2.22. The Morgan fingerprint density at radius 1 is 1.73 bits per heavy atom. The van der Waals surface area contributed by atoms with E-state index in [2.05, 4.69) is 0 Å². The zero-order valence-electron chi connectivity index (χ0n) is 6.32. The number of nitrogens with two attached hydrogens (primary N) is 1. The van der Waals surface area contributed by atoms with Gasteiger partial charge in [0.15, 0.2) is 0 Å². The van der Waals surface area contributed by atoms with Crippen LogP contribution in [0.4, 0.5) is 0 Å². The molecule has 1 aliphatic heterocycles. The predicted molar refractivity (Wildman–Crippen MR) is 39.8 cm³/mol. The maximum Gasteiger partial charge on any atom is 0.231 e. The average molecular weight is 156 g/mol. The topological polar surface area (TPSA) is 63.4 Å². The third-order valence-corrected chi connectivity index (χ3v) is 1.88. The van der Waals surface area contributed by atoms with Gasteiger partial charge < -0.3 is 10.5 Å². The van der Waals surface area contributed by atoms with Crippen molar-refractivity contribution in [2.45, 2.75) is 6.42 Å². The minimum atomic E-state index is -0.323. The monoisotopic (exact) mass is 156 g/mol. The van der Waals surface area contributed by atoms with E-state index < -0.39 is 0 Å². The molecule has 0 aliphatic carbocycles. The first kappa shape index (κ1) is 8.20. The fourth-order valence-corrected chi connectivity index (χ4v) is 1.34. The number of nitrogens with zero attached hydrogens (tertiary/aromatic N) is 1. The number of hydrogen-bond acceptors (Lipinski definition) is 3. The SMILES string of the molecule is NC(=O)CN1CC[C@H](C=O)C1. The van der Waals surface area contributed by atoms with E-state index in [-0.39, 0.29) is 18.4 Å². The predicted octanol–water partition coefficient (Wildman–Crippen LogP) is -1.01. The van der Waals surface area contributed by atoms with Crippen molar-refractivity contribution in [3.63, 3.8) is 0 Å². The third-order valence-electron chi connectivity index (χ3n) is 1.88. The molecule has 2 N–H and O–H groups in total. The van der Waals surface area contributed by atoms with Crippen molar-refractivity contribution in [2.24, 2.45) is 11.7 Å². The van der Waals surface area contributed by atoms with Crippen molar-refractivity contribution in [3.8, 4) is 0 Å². The van der Waals surface area contributed by atoms with Gasteiger partial charge in [-0.2, -0.15) is 0 Å². The second kappa shape index (κ2) is 3.48. The summed E-state index contributed by atoms with van der Waals surface area (Å²) in [6, 6.07) is 0. The number of carbonyl (C=O) groups excluding carboxylic acids is 2. The summed E-state index contributed by atoms with van der Waals surface area (Å²) in [5.74, 6) is -0.217. The molecule has 62 valence electrons. The van der Waals surface area contributed by atoms with Crippen molar-refractivity contribution in [3.05, 3.63) is 0 Å². The van der Waals surface area contributed by atoms with Crippen molar-refractivity contribution < 1.29 is 9.59 Å². The van der Waals surface area contributed by atoms with Crippen molar-refractivity contribution in [1.82, 2.24) is 4.90 Å². The molecule has 1 saturated heterocycles. The van der Waals surface area contributed by atoms with Gasteiger partial charge in [-0.1, -0.05) is 0 Å². The quantitative estimate of drug-likeness (QED) is 0.533. The van der Waals surface area contributed by atoms with Gasteiger partial charge in [-0.05, 0) is 13.0 Å². The molecule has 1 rings (SSSR count). The van der Waals surface area contributed by atoms with E-state index in [1.54, 1.807) is 0 Å². The van der Waals surface area contributed by atoms with Crippen LogP contribution in [0.1, 0.15) is 6.42 Å². The highest BCUT2D eigenvalue weighted by molar-refractivity contribution is 5.76. The maximum absolute atomic E-state index is 10.4. The number of carbonyl (C=O) groups is 2. The molecular weight excluding hydrogens is 144 g/mol. The minimum Gasteiger partial charge on any atom is -0.369 e. The largest absolute Gasteiger partial charge is 0.369 e. The Hall–Kier alpha value is -0.900. The van der Waals surface area contributed by atoms with E-state index in [1.807, 2.05) is 4.90 Å². The molecule has 0 aromatic rings. The molecule has 0 bridgehead atoms. The van der Waals surface area contributed by atoms with Crippen LogP contribution in [-0.2, 0) is 9.59 Å². The van der Waals surface area contributed by atoms with Gasteiger partial charge >= 0.3 is 0 Å². The fourth-order valence-electron chi connectivity index (χ4n) is 1.34. The summed E-state index contributed by atoms with van der Waals surface area (Å²) in [5.41, 5.74) is 4.99. The maximum atomic E-state index is 10.4. The summed E-state index contributed by atoms with van der Waals surface area (Å²) in [6.07, 6.45) is 1.80. The van der Waals surface area contributed by atoms with Gasteiger partial charge in [0.1, 0.15) is 6.29 Å². The van der Waals surface area contributed by atoms with Gasteiger partial charge in [-0.15, -0.1) is 0 Å². The van der Waals surface area contributed by atoms with E-state index in [9.17, 15) is 9.59 Å². The van der Waals surface area contributed by atoms with Crippen LogP contribution in [-0.4, -0.2) is 36.7 Å². The van der Waals surface area contributed by atoms with Gasteiger partial charge in [-0.3, -0.25) is 9.69 Å². The fraction of sp³-hybridized carbons (Fsp3) is 0.714. The first-order valence-electron chi connectivity index (χ1n) is 3.68. The molecule has 11 heavy (non-hydrogen) atoms. The lowest BCUT2D eigenvalue weighted by Gasteiger charge is -2.10. The van der Waals surface area contributed by atoms with Crippen molar-refractivity contribution >= 4 is 12.2 Å². The van der Waals surface area contributed by atoms with E-state index >= 15 is 0 Å². The molecule has 1 aliphatic rings. The number of primary amides is 1. The molecule has 0 aromatic heterocycles. The standard InChI is InChI=1S/C7H12N2O2/c8-7(11)4-9-2-1-6(3-9)5-10/h5-6H,1-4H2,(H2,8,11)/t6-/m0/s1. The number of amides is 1. The molecule has 1 fully saturated rings. The Morgan fingerprint density at radius 2 is 2.45 bits per heavy atom. The van der Waals surface area contributed by atoms with Gasteiger partial charge in [0, 0.05) is 12.5 Å². The Balaban J connectivity index is 2.29. The second-order valence-electron chi connectivity index (χ2n) is 2.89. The van der Waals surface area contributed by atoms with Gasteiger partial charge in [-0.25, -0.2) is 0 Å². The van der Waals surface area contributed by atoms with E-state index in [0.717, 1.165) is 19.3 Å². The zero-order chi connectivity index (χ0) is 8.27. The molecule has 4 nitrogen and oxygen atoms in total. The molecule has 0 radical (unpaired) electrons. The van der Waals surface area contributed by atoms with Crippen LogP contribution in [0.2, 0.25) is 0 Å². The molecule has 0 unspecified atom stereocenters. The minimum absolute atomic E-state index is 0.106. The van der Waals surface area contributed by atoms with E-state index in [1.165, 1.54) is 0 Å². The van der Waals surface area contributed by atoms with Crippen LogP contribution in [0.15, 0.2) is 0 Å². The Morgan fingerprint density at radius 3 is 2.91 bits per heavy atom. The van der Waals surface area contributed by atoms with Crippen LogP contribution in [0, 0.1) is 5.92 Å². The highest BCUT2D eigenvalue weighted by atomic mass is 16.1. The first-order chi connectivity index (χ1) is 5.22. The molecule has 0 saturated carbocycles. The summed E-state index contributed by atoms with van der Waals surface area (Å²) in [6.45, 7) is 1.78. The van der Waals surface area contributed by atoms with Crippen LogP contribution in [0.5, 0.6) is 0 Å². The lowest BCUT2D eigenvalue weighted by atomic mass is 10.1. The molecular formula is C7H12N2O2. The number of likely N-dealkylation sites (tertiary alicyclic amines) is 1. The number of rotatable bonds is 3. The Bertz CT molecular complexity index is 170. The Labute approximate surface area is 65.3 Å². The molecule has 1 amide bonds. The van der Waals surface area contributed by atoms with Gasteiger partial charge in [0.25, 0.3) is 0 Å². The molecule has 0 spiro atoms. The summed E-state index contributed by atoms with van der Waals surface area (Å²) >= 11 is 0. The van der Waals surface area contributed by atoms with Gasteiger partial charge in [0.05, 0.1) is 6.54 Å². The molecule has 4 heteroatoms. The lowest BCUT2D eigenvalue weighted by molar-refractivity contribution is -0.119. The van der Waals surface area contributed by atoms with E-state index in [4.69, 9.17) is 5.73 Å². The number of hydrogen-bond donors (Lipinski definition) is 1. The smallest absolute Gasteiger partial charge is 0.231 e. The van der Waals surface area contributed by atoms with Crippen LogP contribution in [0.3, 0.4) is 0 Å². The summed E-state index contributed by atoms with van der Waals surface area (Å²) in [4.78, 5) is 22.6. The summed E-state index contributed by atoms with van der Waals surface area (Å²) in [7, 11) is 0. The van der Waals surface area contributed by atoms with E-state index in [0.29, 0.717) is 6.54 Å².